The summed E-state index contributed by atoms with van der Waals surface area (Å²) in [7, 11) is 0. The third-order valence-corrected chi connectivity index (χ3v) is 4.25. The molecular weight excluding hydrogens is 338 g/mol. The van der Waals surface area contributed by atoms with Gasteiger partial charge in [-0.25, -0.2) is 0 Å². The summed E-state index contributed by atoms with van der Waals surface area (Å²) < 4.78 is 6.01. The molecule has 1 atom stereocenters. The quantitative estimate of drug-likeness (QED) is 0.847. The van der Waals surface area contributed by atoms with E-state index in [1.165, 1.54) is 0 Å². The Morgan fingerprint density at radius 3 is 2.95 bits per heavy atom. The molecule has 0 aliphatic carbocycles. The number of likely N-dealkylation sites (tertiary alicyclic amines) is 1. The number of piperidine rings is 1. The molecule has 2 rings (SSSR count). The zero-order chi connectivity index (χ0) is 15.4. The molecule has 6 heteroatoms. The van der Waals surface area contributed by atoms with Crippen molar-refractivity contribution >= 4 is 21.9 Å². The van der Waals surface area contributed by atoms with Gasteiger partial charge in [-0.2, -0.15) is 0 Å². The molecule has 21 heavy (non-hydrogen) atoms. The van der Waals surface area contributed by atoms with Crippen LogP contribution in [-0.2, 0) is 11.3 Å². The van der Waals surface area contributed by atoms with Crippen molar-refractivity contribution in [3.63, 3.8) is 0 Å². The van der Waals surface area contributed by atoms with Crippen LogP contribution in [0.1, 0.15) is 25.3 Å². The number of carboxylic acid groups (broad SMARTS) is 1. The fourth-order valence-electron chi connectivity index (χ4n) is 2.64. The fraction of sp³-hybridized carbons (Fsp3) is 0.533. The van der Waals surface area contributed by atoms with E-state index < -0.39 is 5.97 Å². The summed E-state index contributed by atoms with van der Waals surface area (Å²) in [6.07, 6.45) is 1.64. The summed E-state index contributed by atoms with van der Waals surface area (Å²) in [6.45, 7) is 4.46. The average molecular weight is 358 g/mol. The van der Waals surface area contributed by atoms with Crippen LogP contribution in [-0.4, -0.2) is 40.8 Å². The summed E-state index contributed by atoms with van der Waals surface area (Å²) in [5.74, 6) is -0.455. The van der Waals surface area contributed by atoms with Crippen LogP contribution in [0.15, 0.2) is 16.6 Å². The molecule has 1 aliphatic heterocycles. The van der Waals surface area contributed by atoms with E-state index in [2.05, 4.69) is 20.8 Å². The minimum absolute atomic E-state index is 0.0997. The number of phenolic OH excluding ortho intramolecular Hbond substituents is 1. The lowest BCUT2D eigenvalue weighted by Crippen LogP contribution is -2.38. The lowest BCUT2D eigenvalue weighted by Gasteiger charge is -2.30. The average Bonchev–Trinajstić information content (AvgIpc) is 2.45. The molecule has 1 aromatic rings. The van der Waals surface area contributed by atoms with Gasteiger partial charge in [0, 0.05) is 13.1 Å². The highest BCUT2D eigenvalue weighted by Gasteiger charge is 2.25. The first-order valence-electron chi connectivity index (χ1n) is 7.10. The van der Waals surface area contributed by atoms with Crippen molar-refractivity contribution in [2.24, 2.45) is 5.92 Å². The van der Waals surface area contributed by atoms with Crippen LogP contribution in [0.4, 0.5) is 0 Å². The number of halogens is 1. The van der Waals surface area contributed by atoms with Crippen LogP contribution >= 0.6 is 15.9 Å². The summed E-state index contributed by atoms with van der Waals surface area (Å²) in [6, 6.07) is 3.66. The molecule has 0 bridgehead atoms. The van der Waals surface area contributed by atoms with Gasteiger partial charge in [0.1, 0.15) is 0 Å². The second-order valence-electron chi connectivity index (χ2n) is 5.27. The fourth-order valence-corrected chi connectivity index (χ4v) is 3.13. The smallest absolute Gasteiger partial charge is 0.307 e. The minimum atomic E-state index is -0.721. The Morgan fingerprint density at radius 2 is 2.29 bits per heavy atom. The third kappa shape index (κ3) is 4.11. The van der Waals surface area contributed by atoms with Crippen molar-refractivity contribution in [1.82, 2.24) is 4.90 Å². The molecule has 1 fully saturated rings. The van der Waals surface area contributed by atoms with Crippen LogP contribution in [0.2, 0.25) is 0 Å². The highest BCUT2D eigenvalue weighted by molar-refractivity contribution is 9.10. The van der Waals surface area contributed by atoms with Crippen molar-refractivity contribution < 1.29 is 19.7 Å². The van der Waals surface area contributed by atoms with Crippen LogP contribution in [0.5, 0.6) is 11.5 Å². The Hall–Kier alpha value is -1.27. The van der Waals surface area contributed by atoms with Crippen LogP contribution in [0.3, 0.4) is 0 Å². The first kappa shape index (κ1) is 16.1. The van der Waals surface area contributed by atoms with Gasteiger partial charge >= 0.3 is 5.97 Å². The SMILES string of the molecule is CCOc1cc(CN2CCCC(C(=O)O)C2)cc(Br)c1O. The summed E-state index contributed by atoms with van der Waals surface area (Å²) in [5.41, 5.74) is 0.995. The van der Waals surface area contributed by atoms with Crippen molar-refractivity contribution in [2.75, 3.05) is 19.7 Å². The molecule has 0 amide bonds. The van der Waals surface area contributed by atoms with Gasteiger partial charge in [0.15, 0.2) is 11.5 Å². The van der Waals surface area contributed by atoms with Crippen molar-refractivity contribution in [3.8, 4) is 11.5 Å². The maximum atomic E-state index is 11.1. The van der Waals surface area contributed by atoms with Crippen LogP contribution < -0.4 is 4.74 Å². The predicted octanol–water partition coefficient (Wildman–Crippen LogP) is 2.85. The topological polar surface area (TPSA) is 70.0 Å². The Kier molecular flexibility index (Phi) is 5.47. The normalized spacial score (nSPS) is 19.4. The predicted molar refractivity (Wildman–Crippen MR) is 82.6 cm³/mol. The minimum Gasteiger partial charge on any atom is -0.503 e. The molecule has 1 saturated heterocycles. The van der Waals surface area contributed by atoms with Crippen molar-refractivity contribution in [2.45, 2.75) is 26.3 Å². The summed E-state index contributed by atoms with van der Waals surface area (Å²) in [4.78, 5) is 13.2. The van der Waals surface area contributed by atoms with E-state index in [0.717, 1.165) is 24.9 Å². The van der Waals surface area contributed by atoms with Crippen molar-refractivity contribution in [3.05, 3.63) is 22.2 Å². The Labute approximate surface area is 132 Å². The van der Waals surface area contributed by atoms with Gasteiger partial charge < -0.3 is 14.9 Å². The first-order valence-corrected chi connectivity index (χ1v) is 7.90. The van der Waals surface area contributed by atoms with Crippen molar-refractivity contribution in [1.29, 1.82) is 0 Å². The number of carboxylic acids is 1. The Balaban J connectivity index is 2.10. The maximum absolute atomic E-state index is 11.1. The van der Waals surface area contributed by atoms with Gasteiger partial charge in [-0.1, -0.05) is 0 Å². The number of hydrogen-bond acceptors (Lipinski definition) is 4. The zero-order valence-corrected chi connectivity index (χ0v) is 13.6. The first-order chi connectivity index (χ1) is 10.0. The van der Waals surface area contributed by atoms with Gasteiger partial charge in [0.05, 0.1) is 17.0 Å². The molecule has 5 nitrogen and oxygen atoms in total. The zero-order valence-electron chi connectivity index (χ0n) is 12.0. The van der Waals surface area contributed by atoms with Gasteiger partial charge in [-0.05, 0) is 59.9 Å². The largest absolute Gasteiger partial charge is 0.503 e. The standard InChI is InChI=1S/C15H20BrNO4/c1-2-21-13-7-10(6-12(16)14(13)18)8-17-5-3-4-11(9-17)15(19)20/h6-7,11,18H,2-5,8-9H2,1H3,(H,19,20). The lowest BCUT2D eigenvalue weighted by atomic mass is 9.98. The van der Waals surface area contributed by atoms with Crippen LogP contribution in [0, 0.1) is 5.92 Å². The number of aromatic hydroxyl groups is 1. The van der Waals surface area contributed by atoms with Gasteiger partial charge in [-0.15, -0.1) is 0 Å². The van der Waals surface area contributed by atoms with E-state index in [0.29, 0.717) is 29.9 Å². The third-order valence-electron chi connectivity index (χ3n) is 3.65. The van der Waals surface area contributed by atoms with E-state index >= 15 is 0 Å². The number of ether oxygens (including phenoxy) is 1. The molecular formula is C15H20BrNO4. The number of hydrogen-bond donors (Lipinski definition) is 2. The molecule has 116 valence electrons. The lowest BCUT2D eigenvalue weighted by molar-refractivity contribution is -0.143. The van der Waals surface area contributed by atoms with E-state index in [4.69, 9.17) is 9.84 Å². The molecule has 0 spiro atoms. The molecule has 0 aromatic heterocycles. The van der Waals surface area contributed by atoms with Crippen LogP contribution in [0.25, 0.3) is 0 Å². The second-order valence-corrected chi connectivity index (χ2v) is 6.12. The molecule has 0 saturated carbocycles. The molecule has 1 heterocycles. The number of carbonyl (C=O) groups is 1. The van der Waals surface area contributed by atoms with E-state index in [1.807, 2.05) is 19.1 Å². The number of phenols is 1. The highest BCUT2D eigenvalue weighted by atomic mass is 79.9. The summed E-state index contributed by atoms with van der Waals surface area (Å²) in [5, 5.41) is 19.0. The molecule has 1 aliphatic rings. The van der Waals surface area contributed by atoms with E-state index in [-0.39, 0.29) is 11.7 Å². The second kappa shape index (κ2) is 7.13. The molecule has 1 unspecified atom stereocenters. The maximum Gasteiger partial charge on any atom is 0.307 e. The van der Waals surface area contributed by atoms with Gasteiger partial charge in [-0.3, -0.25) is 9.69 Å². The monoisotopic (exact) mass is 357 g/mol. The molecule has 1 aromatic carbocycles. The number of benzene rings is 1. The molecule has 2 N–H and O–H groups in total. The number of rotatable bonds is 5. The van der Waals surface area contributed by atoms with Gasteiger partial charge in [0.2, 0.25) is 0 Å². The Bertz CT molecular complexity index is 521. The highest BCUT2D eigenvalue weighted by Crippen LogP contribution is 2.36. The summed E-state index contributed by atoms with van der Waals surface area (Å²) >= 11 is 3.32. The van der Waals surface area contributed by atoms with Gasteiger partial charge in [0.25, 0.3) is 0 Å². The number of nitrogens with zero attached hydrogens (tertiary/aromatic N) is 1. The number of aliphatic carboxylic acids is 1. The van der Waals surface area contributed by atoms with E-state index in [9.17, 15) is 9.90 Å². The molecule has 0 radical (unpaired) electrons. The van der Waals surface area contributed by atoms with E-state index in [1.54, 1.807) is 0 Å². The Morgan fingerprint density at radius 1 is 1.52 bits per heavy atom.